The van der Waals surface area contributed by atoms with Gasteiger partial charge in [0.15, 0.2) is 0 Å². The number of phenolic OH excluding ortho intramolecular Hbond substituents is 1. The molecule has 86 valence electrons. The third-order valence-electron chi connectivity index (χ3n) is 1.51. The lowest BCUT2D eigenvalue weighted by Gasteiger charge is -2.10. The Morgan fingerprint density at radius 1 is 1.38 bits per heavy atom. The van der Waals surface area contributed by atoms with Crippen LogP contribution in [-0.4, -0.2) is 18.0 Å². The number of hydrogen-bond acceptors (Lipinski definition) is 3. The molecular weight excluding hydrogens is 223 g/mol. The molecule has 1 aromatic carbocycles. The van der Waals surface area contributed by atoms with E-state index in [9.17, 15) is 13.2 Å². The molecule has 0 bridgehead atoms. The van der Waals surface area contributed by atoms with E-state index < -0.39 is 12.1 Å². The SMILES string of the molecule is NCC#Cc1cc(O)ccc1OC(F)(F)F. The molecule has 0 aliphatic heterocycles. The van der Waals surface area contributed by atoms with Crippen molar-refractivity contribution in [2.24, 2.45) is 5.73 Å². The summed E-state index contributed by atoms with van der Waals surface area (Å²) in [7, 11) is 0. The third-order valence-corrected chi connectivity index (χ3v) is 1.51. The van der Waals surface area contributed by atoms with Crippen molar-refractivity contribution in [3.63, 3.8) is 0 Å². The Bertz CT molecular complexity index is 432. The fourth-order valence-electron chi connectivity index (χ4n) is 0.976. The number of alkyl halides is 3. The average Bonchev–Trinajstić information content (AvgIpc) is 2.16. The largest absolute Gasteiger partial charge is 0.573 e. The molecule has 0 saturated heterocycles. The monoisotopic (exact) mass is 231 g/mol. The van der Waals surface area contributed by atoms with E-state index in [-0.39, 0.29) is 17.9 Å². The van der Waals surface area contributed by atoms with E-state index in [4.69, 9.17) is 10.8 Å². The van der Waals surface area contributed by atoms with Crippen molar-refractivity contribution in [2.75, 3.05) is 6.54 Å². The molecule has 0 spiro atoms. The summed E-state index contributed by atoms with van der Waals surface area (Å²) in [6.45, 7) is 0.00111. The second-order valence-electron chi connectivity index (χ2n) is 2.73. The number of hydrogen-bond donors (Lipinski definition) is 2. The van der Waals surface area contributed by atoms with Crippen LogP contribution in [0.15, 0.2) is 18.2 Å². The maximum atomic E-state index is 12.0. The summed E-state index contributed by atoms with van der Waals surface area (Å²) in [5.41, 5.74) is 5.03. The van der Waals surface area contributed by atoms with Crippen LogP contribution in [-0.2, 0) is 0 Å². The smallest absolute Gasteiger partial charge is 0.508 e. The predicted octanol–water partition coefficient (Wildman–Crippen LogP) is 1.60. The highest BCUT2D eigenvalue weighted by Crippen LogP contribution is 2.28. The molecule has 3 nitrogen and oxygen atoms in total. The summed E-state index contributed by atoms with van der Waals surface area (Å²) >= 11 is 0. The van der Waals surface area contributed by atoms with Crippen molar-refractivity contribution in [2.45, 2.75) is 6.36 Å². The molecule has 3 N–H and O–H groups in total. The van der Waals surface area contributed by atoms with Crippen LogP contribution in [0.2, 0.25) is 0 Å². The first-order valence-electron chi connectivity index (χ1n) is 4.20. The van der Waals surface area contributed by atoms with Crippen LogP contribution >= 0.6 is 0 Å². The first kappa shape index (κ1) is 12.2. The highest BCUT2D eigenvalue weighted by molar-refractivity contribution is 5.49. The van der Waals surface area contributed by atoms with Gasteiger partial charge >= 0.3 is 6.36 Å². The molecular formula is C10H8F3NO2. The Balaban J connectivity index is 3.08. The summed E-state index contributed by atoms with van der Waals surface area (Å²) in [5, 5.41) is 9.10. The summed E-state index contributed by atoms with van der Waals surface area (Å²) in [6, 6.07) is 3.14. The molecule has 0 saturated carbocycles. The number of rotatable bonds is 1. The van der Waals surface area contributed by atoms with E-state index in [0.29, 0.717) is 0 Å². The molecule has 0 heterocycles. The summed E-state index contributed by atoms with van der Waals surface area (Å²) in [5.74, 6) is 4.09. The number of aromatic hydroxyl groups is 1. The van der Waals surface area contributed by atoms with Crippen molar-refractivity contribution in [3.05, 3.63) is 23.8 Å². The van der Waals surface area contributed by atoms with Crippen LogP contribution in [0, 0.1) is 11.8 Å². The van der Waals surface area contributed by atoms with Gasteiger partial charge in [0.1, 0.15) is 11.5 Å². The zero-order chi connectivity index (χ0) is 12.2. The van der Waals surface area contributed by atoms with Crippen LogP contribution in [0.4, 0.5) is 13.2 Å². The van der Waals surface area contributed by atoms with E-state index >= 15 is 0 Å². The number of halogens is 3. The molecule has 1 aromatic rings. The molecule has 6 heteroatoms. The molecule has 0 aliphatic carbocycles. The van der Waals surface area contributed by atoms with E-state index in [1.54, 1.807) is 0 Å². The van der Waals surface area contributed by atoms with Crippen LogP contribution in [0.1, 0.15) is 5.56 Å². The molecule has 0 fully saturated rings. The Morgan fingerprint density at radius 3 is 2.62 bits per heavy atom. The van der Waals surface area contributed by atoms with Gasteiger partial charge in [-0.2, -0.15) is 0 Å². The quantitative estimate of drug-likeness (QED) is 0.722. The maximum absolute atomic E-state index is 12.0. The van der Waals surface area contributed by atoms with Crippen LogP contribution in [0.25, 0.3) is 0 Å². The van der Waals surface area contributed by atoms with Crippen molar-refractivity contribution < 1.29 is 23.0 Å². The second kappa shape index (κ2) is 4.77. The molecule has 16 heavy (non-hydrogen) atoms. The number of phenols is 1. The number of ether oxygens (including phenoxy) is 1. The van der Waals surface area contributed by atoms with Gasteiger partial charge in [-0.15, -0.1) is 13.2 Å². The lowest BCUT2D eigenvalue weighted by atomic mass is 10.2. The molecule has 0 amide bonds. The summed E-state index contributed by atoms with van der Waals surface area (Å²) < 4.78 is 39.7. The second-order valence-corrected chi connectivity index (χ2v) is 2.73. The van der Waals surface area contributed by atoms with E-state index in [1.807, 2.05) is 0 Å². The molecule has 0 aliphatic rings. The molecule has 0 radical (unpaired) electrons. The number of benzene rings is 1. The Morgan fingerprint density at radius 2 is 2.06 bits per heavy atom. The predicted molar refractivity (Wildman–Crippen MR) is 50.7 cm³/mol. The van der Waals surface area contributed by atoms with Gasteiger partial charge in [-0.05, 0) is 18.2 Å². The fraction of sp³-hybridized carbons (Fsp3) is 0.200. The first-order valence-corrected chi connectivity index (χ1v) is 4.20. The van der Waals surface area contributed by atoms with E-state index in [2.05, 4.69) is 16.6 Å². The van der Waals surface area contributed by atoms with Crippen molar-refractivity contribution in [1.82, 2.24) is 0 Å². The van der Waals surface area contributed by atoms with Gasteiger partial charge in [-0.3, -0.25) is 0 Å². The highest BCUT2D eigenvalue weighted by atomic mass is 19.4. The van der Waals surface area contributed by atoms with E-state index in [0.717, 1.165) is 18.2 Å². The van der Waals surface area contributed by atoms with Gasteiger partial charge in [0, 0.05) is 0 Å². The normalized spacial score (nSPS) is 10.5. The Kier molecular flexibility index (Phi) is 3.64. The Hall–Kier alpha value is -1.87. The van der Waals surface area contributed by atoms with Crippen molar-refractivity contribution in [1.29, 1.82) is 0 Å². The average molecular weight is 231 g/mol. The van der Waals surface area contributed by atoms with Gasteiger partial charge in [-0.1, -0.05) is 11.8 Å². The van der Waals surface area contributed by atoms with Gasteiger partial charge in [0.2, 0.25) is 0 Å². The van der Waals surface area contributed by atoms with Gasteiger partial charge in [-0.25, -0.2) is 0 Å². The first-order chi connectivity index (χ1) is 7.42. The topological polar surface area (TPSA) is 55.5 Å². The zero-order valence-corrected chi connectivity index (χ0v) is 8.01. The van der Waals surface area contributed by atoms with Gasteiger partial charge < -0.3 is 15.6 Å². The van der Waals surface area contributed by atoms with E-state index in [1.165, 1.54) is 0 Å². The fourth-order valence-corrected chi connectivity index (χ4v) is 0.976. The summed E-state index contributed by atoms with van der Waals surface area (Å²) in [4.78, 5) is 0. The van der Waals surface area contributed by atoms with Crippen molar-refractivity contribution >= 4 is 0 Å². The standard InChI is InChI=1S/C10H8F3NO2/c11-10(12,13)16-9-4-3-8(15)6-7(9)2-1-5-14/h3-4,6,15H,5,14H2. The minimum absolute atomic E-state index is 0.00111. The van der Waals surface area contributed by atoms with Crippen molar-refractivity contribution in [3.8, 4) is 23.3 Å². The maximum Gasteiger partial charge on any atom is 0.573 e. The number of nitrogens with two attached hydrogens (primary N) is 1. The highest BCUT2D eigenvalue weighted by Gasteiger charge is 2.32. The van der Waals surface area contributed by atoms with Gasteiger partial charge in [0.05, 0.1) is 12.1 Å². The van der Waals surface area contributed by atoms with Crippen LogP contribution < -0.4 is 10.5 Å². The zero-order valence-electron chi connectivity index (χ0n) is 8.01. The lowest BCUT2D eigenvalue weighted by molar-refractivity contribution is -0.274. The molecule has 0 unspecified atom stereocenters. The summed E-state index contributed by atoms with van der Waals surface area (Å²) in [6.07, 6.45) is -4.80. The van der Waals surface area contributed by atoms with Gasteiger partial charge in [0.25, 0.3) is 0 Å². The Labute approximate surface area is 89.6 Å². The lowest BCUT2D eigenvalue weighted by Crippen LogP contribution is -2.17. The minimum atomic E-state index is -4.80. The molecule has 0 atom stereocenters. The van der Waals surface area contributed by atoms with Crippen LogP contribution in [0.3, 0.4) is 0 Å². The molecule has 0 aromatic heterocycles. The minimum Gasteiger partial charge on any atom is -0.508 e. The molecule has 1 rings (SSSR count). The van der Waals surface area contributed by atoms with Crippen LogP contribution in [0.5, 0.6) is 11.5 Å². The third kappa shape index (κ3) is 3.71.